The third-order valence-electron chi connectivity index (χ3n) is 3.24. The standard InChI is InChI=1S/C14H19N3O3/c1-3-17(2)13(18)9-16-14(19)12-8-15-10-6-4-5-7-11(10)20-12/h4-7,12,15H,3,8-9H2,1-2H3,(H,16,19). The molecule has 1 atom stereocenters. The summed E-state index contributed by atoms with van der Waals surface area (Å²) in [5.74, 6) is 0.241. The van der Waals surface area contributed by atoms with E-state index < -0.39 is 6.10 Å². The van der Waals surface area contributed by atoms with Crippen molar-refractivity contribution in [3.63, 3.8) is 0 Å². The van der Waals surface area contributed by atoms with Gasteiger partial charge in [-0.05, 0) is 19.1 Å². The molecule has 6 nitrogen and oxygen atoms in total. The molecule has 0 saturated heterocycles. The third-order valence-corrected chi connectivity index (χ3v) is 3.24. The van der Waals surface area contributed by atoms with E-state index in [2.05, 4.69) is 10.6 Å². The molecule has 2 rings (SSSR count). The number of benzene rings is 1. The Bertz CT molecular complexity index is 504. The van der Waals surface area contributed by atoms with Crippen LogP contribution in [0.15, 0.2) is 24.3 Å². The molecule has 1 unspecified atom stereocenters. The Morgan fingerprint density at radius 1 is 1.45 bits per heavy atom. The van der Waals surface area contributed by atoms with E-state index in [0.717, 1.165) is 5.69 Å². The van der Waals surface area contributed by atoms with Crippen LogP contribution in [-0.4, -0.2) is 49.5 Å². The van der Waals surface area contributed by atoms with E-state index in [9.17, 15) is 9.59 Å². The number of nitrogens with zero attached hydrogens (tertiary/aromatic N) is 1. The topological polar surface area (TPSA) is 70.7 Å². The molecule has 0 bridgehead atoms. The van der Waals surface area contributed by atoms with Crippen LogP contribution in [0.1, 0.15) is 6.92 Å². The number of nitrogens with one attached hydrogen (secondary N) is 2. The molecule has 2 N–H and O–H groups in total. The van der Waals surface area contributed by atoms with E-state index in [1.165, 1.54) is 0 Å². The van der Waals surface area contributed by atoms with Gasteiger partial charge in [-0.25, -0.2) is 0 Å². The lowest BCUT2D eigenvalue weighted by Crippen LogP contribution is -2.47. The maximum Gasteiger partial charge on any atom is 0.263 e. The van der Waals surface area contributed by atoms with Crippen molar-refractivity contribution >= 4 is 17.5 Å². The number of likely N-dealkylation sites (N-methyl/N-ethyl adjacent to an activating group) is 1. The quantitative estimate of drug-likeness (QED) is 0.838. The Balaban J connectivity index is 1.87. The normalized spacial score (nSPS) is 16.4. The van der Waals surface area contributed by atoms with E-state index in [-0.39, 0.29) is 18.4 Å². The lowest BCUT2D eigenvalue weighted by molar-refractivity contribution is -0.133. The number of ether oxygens (including phenoxy) is 1. The Hall–Kier alpha value is -2.24. The van der Waals surface area contributed by atoms with Gasteiger partial charge in [0, 0.05) is 13.6 Å². The molecule has 0 aromatic heterocycles. The van der Waals surface area contributed by atoms with Crippen molar-refractivity contribution in [2.24, 2.45) is 0 Å². The molecule has 20 heavy (non-hydrogen) atoms. The first-order valence-corrected chi connectivity index (χ1v) is 6.63. The predicted molar refractivity (Wildman–Crippen MR) is 75.7 cm³/mol. The van der Waals surface area contributed by atoms with Crippen molar-refractivity contribution in [1.82, 2.24) is 10.2 Å². The number of fused-ring (bicyclic) bond motifs is 1. The highest BCUT2D eigenvalue weighted by Gasteiger charge is 2.25. The van der Waals surface area contributed by atoms with Crippen LogP contribution in [0.4, 0.5) is 5.69 Å². The second-order valence-corrected chi connectivity index (χ2v) is 4.61. The van der Waals surface area contributed by atoms with Gasteiger partial charge in [-0.1, -0.05) is 12.1 Å². The van der Waals surface area contributed by atoms with Crippen molar-refractivity contribution < 1.29 is 14.3 Å². The van der Waals surface area contributed by atoms with Crippen LogP contribution in [-0.2, 0) is 9.59 Å². The maximum atomic E-state index is 12.0. The molecule has 0 fully saturated rings. The van der Waals surface area contributed by atoms with Crippen molar-refractivity contribution in [3.05, 3.63) is 24.3 Å². The average molecular weight is 277 g/mol. The Labute approximate surface area is 118 Å². The van der Waals surface area contributed by atoms with Crippen LogP contribution < -0.4 is 15.4 Å². The Morgan fingerprint density at radius 3 is 2.95 bits per heavy atom. The van der Waals surface area contributed by atoms with Crippen LogP contribution in [0, 0.1) is 0 Å². The summed E-state index contributed by atoms with van der Waals surface area (Å²) in [6, 6.07) is 7.44. The first kappa shape index (κ1) is 14.2. The van der Waals surface area contributed by atoms with Crippen LogP contribution in [0.3, 0.4) is 0 Å². The summed E-state index contributed by atoms with van der Waals surface area (Å²) in [6.45, 7) is 2.87. The average Bonchev–Trinajstić information content (AvgIpc) is 2.50. The van der Waals surface area contributed by atoms with Gasteiger partial charge in [0.1, 0.15) is 5.75 Å². The first-order valence-electron chi connectivity index (χ1n) is 6.63. The van der Waals surface area contributed by atoms with Gasteiger partial charge in [-0.3, -0.25) is 9.59 Å². The SMILES string of the molecule is CCN(C)C(=O)CNC(=O)C1CNc2ccccc2O1. The fourth-order valence-electron chi connectivity index (χ4n) is 1.85. The van der Waals surface area contributed by atoms with E-state index in [4.69, 9.17) is 4.74 Å². The van der Waals surface area contributed by atoms with Gasteiger partial charge >= 0.3 is 0 Å². The minimum absolute atomic E-state index is 0.00925. The molecular formula is C14H19N3O3. The van der Waals surface area contributed by atoms with E-state index >= 15 is 0 Å². The molecule has 108 valence electrons. The molecule has 1 aromatic carbocycles. The number of amides is 2. The second kappa shape index (κ2) is 6.27. The number of carbonyl (C=O) groups is 2. The molecule has 1 heterocycles. The monoisotopic (exact) mass is 277 g/mol. The molecule has 1 aromatic rings. The fourth-order valence-corrected chi connectivity index (χ4v) is 1.85. The Morgan fingerprint density at radius 2 is 2.20 bits per heavy atom. The zero-order chi connectivity index (χ0) is 14.5. The number of rotatable bonds is 4. The van der Waals surface area contributed by atoms with Crippen LogP contribution in [0.25, 0.3) is 0 Å². The predicted octanol–water partition coefficient (Wildman–Crippen LogP) is 0.454. The lowest BCUT2D eigenvalue weighted by atomic mass is 10.2. The van der Waals surface area contributed by atoms with Crippen LogP contribution in [0.5, 0.6) is 5.75 Å². The summed E-state index contributed by atoms with van der Waals surface area (Å²) in [7, 11) is 1.70. The Kier molecular flexibility index (Phi) is 4.45. The summed E-state index contributed by atoms with van der Waals surface area (Å²) in [5, 5.41) is 5.74. The number of anilines is 1. The maximum absolute atomic E-state index is 12.0. The highest BCUT2D eigenvalue weighted by molar-refractivity contribution is 5.88. The summed E-state index contributed by atoms with van der Waals surface area (Å²) in [4.78, 5) is 25.1. The zero-order valence-corrected chi connectivity index (χ0v) is 11.7. The van der Waals surface area contributed by atoms with Crippen molar-refractivity contribution in [1.29, 1.82) is 0 Å². The molecule has 0 radical (unpaired) electrons. The minimum Gasteiger partial charge on any atom is -0.477 e. The molecule has 0 spiro atoms. The largest absolute Gasteiger partial charge is 0.477 e. The fraction of sp³-hybridized carbons (Fsp3) is 0.429. The van der Waals surface area contributed by atoms with E-state index in [1.54, 1.807) is 18.0 Å². The summed E-state index contributed by atoms with van der Waals surface area (Å²) >= 11 is 0. The van der Waals surface area contributed by atoms with E-state index in [1.807, 2.05) is 25.1 Å². The molecule has 0 saturated carbocycles. The molecule has 1 aliphatic rings. The minimum atomic E-state index is -0.621. The zero-order valence-electron chi connectivity index (χ0n) is 11.7. The van der Waals surface area contributed by atoms with Crippen molar-refractivity contribution in [3.8, 4) is 5.75 Å². The number of carbonyl (C=O) groups excluding carboxylic acids is 2. The van der Waals surface area contributed by atoms with Crippen molar-refractivity contribution in [2.45, 2.75) is 13.0 Å². The van der Waals surface area contributed by atoms with Gasteiger partial charge in [-0.2, -0.15) is 0 Å². The molecule has 6 heteroatoms. The van der Waals surface area contributed by atoms with Gasteiger partial charge in [0.25, 0.3) is 5.91 Å². The molecule has 0 aliphatic carbocycles. The lowest BCUT2D eigenvalue weighted by Gasteiger charge is -2.26. The highest BCUT2D eigenvalue weighted by Crippen LogP contribution is 2.28. The smallest absolute Gasteiger partial charge is 0.263 e. The highest BCUT2D eigenvalue weighted by atomic mass is 16.5. The molecular weight excluding hydrogens is 258 g/mol. The van der Waals surface area contributed by atoms with Gasteiger partial charge in [0.15, 0.2) is 6.10 Å². The van der Waals surface area contributed by atoms with Gasteiger partial charge in [0.2, 0.25) is 5.91 Å². The van der Waals surface area contributed by atoms with Gasteiger partial charge in [0.05, 0.1) is 18.8 Å². The number of para-hydroxylation sites is 2. The second-order valence-electron chi connectivity index (χ2n) is 4.61. The van der Waals surface area contributed by atoms with E-state index in [0.29, 0.717) is 18.8 Å². The van der Waals surface area contributed by atoms with Gasteiger partial charge < -0.3 is 20.3 Å². The summed E-state index contributed by atoms with van der Waals surface area (Å²) in [5.41, 5.74) is 0.873. The summed E-state index contributed by atoms with van der Waals surface area (Å²) in [6.07, 6.45) is -0.621. The number of hydrogen-bond donors (Lipinski definition) is 2. The van der Waals surface area contributed by atoms with Gasteiger partial charge in [-0.15, -0.1) is 0 Å². The number of hydrogen-bond acceptors (Lipinski definition) is 4. The molecule has 1 aliphatic heterocycles. The molecule has 2 amide bonds. The van der Waals surface area contributed by atoms with Crippen molar-refractivity contribution in [2.75, 3.05) is 32.0 Å². The first-order chi connectivity index (χ1) is 9.61. The summed E-state index contributed by atoms with van der Waals surface area (Å²) < 4.78 is 5.61. The van der Waals surface area contributed by atoms with Crippen LogP contribution >= 0.6 is 0 Å². The van der Waals surface area contributed by atoms with Crippen LogP contribution in [0.2, 0.25) is 0 Å². The third kappa shape index (κ3) is 3.20.